The van der Waals surface area contributed by atoms with E-state index in [1.165, 1.54) is 0 Å². The monoisotopic (exact) mass is 186 g/mol. The first kappa shape index (κ1) is 11.0. The van der Waals surface area contributed by atoms with Crippen LogP contribution >= 0.6 is 0 Å². The number of aliphatic hydroxyl groups excluding tert-OH is 1. The molecule has 0 aromatic rings. The highest BCUT2D eigenvalue weighted by Gasteiger charge is 2.44. The summed E-state index contributed by atoms with van der Waals surface area (Å²) in [5, 5.41) is 12.8. The molecule has 0 aromatic carbocycles. The molecule has 3 heteroatoms. The maximum atomic E-state index is 9.26. The normalized spacial score (nSPS) is 30.0. The second-order valence-corrected chi connectivity index (χ2v) is 5.77. The van der Waals surface area contributed by atoms with Gasteiger partial charge in [-0.05, 0) is 40.5 Å². The number of hydrogen-bond acceptors (Lipinski definition) is 3. The maximum absolute atomic E-state index is 9.26. The van der Waals surface area contributed by atoms with Gasteiger partial charge >= 0.3 is 0 Å². The van der Waals surface area contributed by atoms with Crippen LogP contribution in [0.2, 0.25) is 0 Å². The van der Waals surface area contributed by atoms with E-state index in [1.807, 2.05) is 0 Å². The summed E-state index contributed by atoms with van der Waals surface area (Å²) in [5.41, 5.74) is 5.73. The van der Waals surface area contributed by atoms with E-state index >= 15 is 0 Å². The quantitative estimate of drug-likeness (QED) is 0.562. The summed E-state index contributed by atoms with van der Waals surface area (Å²) in [6, 6.07) is 0. The molecule has 3 nitrogen and oxygen atoms in total. The van der Waals surface area contributed by atoms with Gasteiger partial charge in [-0.15, -0.1) is 0 Å². The Balaban J connectivity index is 2.84. The molecule has 0 aromatic heterocycles. The molecule has 0 saturated carbocycles. The topological polar surface area (TPSA) is 58.3 Å². The van der Waals surface area contributed by atoms with Gasteiger partial charge in [0.25, 0.3) is 0 Å². The lowest BCUT2D eigenvalue weighted by Crippen LogP contribution is -2.67. The molecular formula is C10H22N2O. The fraction of sp³-hybridized carbons (Fsp3) is 1.00. The molecule has 13 heavy (non-hydrogen) atoms. The zero-order valence-electron chi connectivity index (χ0n) is 9.15. The van der Waals surface area contributed by atoms with Crippen LogP contribution in [0.25, 0.3) is 0 Å². The molecule has 0 atom stereocenters. The van der Waals surface area contributed by atoms with E-state index in [0.717, 1.165) is 12.8 Å². The summed E-state index contributed by atoms with van der Waals surface area (Å²) in [4.78, 5) is 0. The van der Waals surface area contributed by atoms with Crippen LogP contribution in [0.4, 0.5) is 0 Å². The lowest BCUT2D eigenvalue weighted by molar-refractivity contribution is 0.0616. The molecule has 0 bridgehead atoms. The van der Waals surface area contributed by atoms with Gasteiger partial charge in [0.05, 0.1) is 6.61 Å². The molecule has 0 aliphatic carbocycles. The predicted octanol–water partition coefficient (Wildman–Crippen LogP) is 0.617. The smallest absolute Gasteiger partial charge is 0.0612 e. The molecule has 4 N–H and O–H groups in total. The van der Waals surface area contributed by atoms with Crippen molar-refractivity contribution < 1.29 is 5.11 Å². The Morgan fingerprint density at radius 3 is 1.85 bits per heavy atom. The van der Waals surface area contributed by atoms with Gasteiger partial charge < -0.3 is 16.2 Å². The Hall–Kier alpha value is -0.120. The van der Waals surface area contributed by atoms with Crippen molar-refractivity contribution in [3.8, 4) is 0 Å². The van der Waals surface area contributed by atoms with Crippen molar-refractivity contribution in [2.45, 2.75) is 57.2 Å². The standard InChI is InChI=1S/C10H22N2O/c1-8(2)5-10(11,7-13)6-9(3,4)12-8/h12-13H,5-7,11H2,1-4H3. The lowest BCUT2D eigenvalue weighted by Gasteiger charge is -2.50. The van der Waals surface area contributed by atoms with Gasteiger partial charge in [0, 0.05) is 16.6 Å². The largest absolute Gasteiger partial charge is 0.394 e. The Morgan fingerprint density at radius 1 is 1.15 bits per heavy atom. The zero-order valence-corrected chi connectivity index (χ0v) is 9.15. The Bertz CT molecular complexity index is 183. The summed E-state index contributed by atoms with van der Waals surface area (Å²) < 4.78 is 0. The van der Waals surface area contributed by atoms with Crippen molar-refractivity contribution in [1.29, 1.82) is 0 Å². The predicted molar refractivity (Wildman–Crippen MR) is 54.5 cm³/mol. The van der Waals surface area contributed by atoms with Crippen LogP contribution in [0.1, 0.15) is 40.5 Å². The summed E-state index contributed by atoms with van der Waals surface area (Å²) in [6.07, 6.45) is 1.64. The molecule has 1 fully saturated rings. The van der Waals surface area contributed by atoms with Gasteiger partial charge in [0.1, 0.15) is 0 Å². The molecular weight excluding hydrogens is 164 g/mol. The van der Waals surface area contributed by atoms with Crippen LogP contribution in [-0.2, 0) is 0 Å². The van der Waals surface area contributed by atoms with Gasteiger partial charge in [-0.2, -0.15) is 0 Å². The van der Waals surface area contributed by atoms with E-state index in [2.05, 4.69) is 33.0 Å². The number of rotatable bonds is 1. The zero-order chi connectivity index (χ0) is 10.3. The van der Waals surface area contributed by atoms with Crippen molar-refractivity contribution in [1.82, 2.24) is 5.32 Å². The summed E-state index contributed by atoms with van der Waals surface area (Å²) in [5.74, 6) is 0. The van der Waals surface area contributed by atoms with Gasteiger partial charge in [0.2, 0.25) is 0 Å². The summed E-state index contributed by atoms with van der Waals surface area (Å²) >= 11 is 0. The van der Waals surface area contributed by atoms with Gasteiger partial charge in [0.15, 0.2) is 0 Å². The van der Waals surface area contributed by atoms with Crippen LogP contribution in [0.5, 0.6) is 0 Å². The molecule has 0 radical (unpaired) electrons. The second kappa shape index (κ2) is 2.94. The second-order valence-electron chi connectivity index (χ2n) is 5.77. The van der Waals surface area contributed by atoms with Gasteiger partial charge in [-0.3, -0.25) is 0 Å². The first-order valence-corrected chi connectivity index (χ1v) is 4.87. The van der Waals surface area contributed by atoms with Crippen LogP contribution in [0.15, 0.2) is 0 Å². The molecule has 0 spiro atoms. The Kier molecular flexibility index (Phi) is 2.48. The van der Waals surface area contributed by atoms with Crippen molar-refractivity contribution >= 4 is 0 Å². The number of aliphatic hydroxyl groups is 1. The van der Waals surface area contributed by atoms with E-state index in [4.69, 9.17) is 5.73 Å². The van der Waals surface area contributed by atoms with E-state index in [0.29, 0.717) is 0 Å². The molecule has 1 rings (SSSR count). The van der Waals surface area contributed by atoms with Crippen LogP contribution in [0, 0.1) is 0 Å². The third-order valence-electron chi connectivity index (χ3n) is 2.58. The van der Waals surface area contributed by atoms with Gasteiger partial charge in [-0.25, -0.2) is 0 Å². The van der Waals surface area contributed by atoms with E-state index in [-0.39, 0.29) is 17.7 Å². The highest BCUT2D eigenvalue weighted by atomic mass is 16.3. The molecule has 1 heterocycles. The van der Waals surface area contributed by atoms with E-state index in [9.17, 15) is 5.11 Å². The fourth-order valence-corrected chi connectivity index (χ4v) is 2.94. The number of nitrogens with two attached hydrogens (primary N) is 1. The van der Waals surface area contributed by atoms with Gasteiger partial charge in [-0.1, -0.05) is 0 Å². The van der Waals surface area contributed by atoms with Crippen LogP contribution in [0.3, 0.4) is 0 Å². The Morgan fingerprint density at radius 2 is 1.54 bits per heavy atom. The average molecular weight is 186 g/mol. The number of piperidine rings is 1. The minimum absolute atomic E-state index is 0.0131. The van der Waals surface area contributed by atoms with E-state index < -0.39 is 5.54 Å². The van der Waals surface area contributed by atoms with E-state index in [1.54, 1.807) is 0 Å². The first-order chi connectivity index (χ1) is 5.68. The lowest BCUT2D eigenvalue weighted by atomic mass is 9.72. The number of hydrogen-bond donors (Lipinski definition) is 3. The molecule has 78 valence electrons. The van der Waals surface area contributed by atoms with Crippen molar-refractivity contribution in [3.63, 3.8) is 0 Å². The minimum Gasteiger partial charge on any atom is -0.394 e. The maximum Gasteiger partial charge on any atom is 0.0612 e. The van der Waals surface area contributed by atoms with Crippen molar-refractivity contribution in [3.05, 3.63) is 0 Å². The third kappa shape index (κ3) is 2.66. The molecule has 1 aliphatic rings. The summed E-state index contributed by atoms with van der Waals surface area (Å²) in [7, 11) is 0. The third-order valence-corrected chi connectivity index (χ3v) is 2.58. The summed E-state index contributed by atoms with van der Waals surface area (Å²) in [6.45, 7) is 8.59. The van der Waals surface area contributed by atoms with Crippen molar-refractivity contribution in [2.75, 3.05) is 6.61 Å². The average Bonchev–Trinajstić information content (AvgIpc) is 1.79. The molecule has 1 aliphatic heterocycles. The minimum atomic E-state index is -0.418. The Labute approximate surface area is 80.7 Å². The molecule has 1 saturated heterocycles. The SMILES string of the molecule is CC1(C)CC(N)(CO)CC(C)(C)N1. The molecule has 0 amide bonds. The highest BCUT2D eigenvalue weighted by molar-refractivity contribution is 5.06. The molecule has 0 unspecified atom stereocenters. The first-order valence-electron chi connectivity index (χ1n) is 4.87. The highest BCUT2D eigenvalue weighted by Crippen LogP contribution is 2.33. The fourth-order valence-electron chi connectivity index (χ4n) is 2.94. The number of nitrogens with one attached hydrogen (secondary N) is 1. The van der Waals surface area contributed by atoms with Crippen LogP contribution < -0.4 is 11.1 Å². The van der Waals surface area contributed by atoms with Crippen LogP contribution in [-0.4, -0.2) is 28.3 Å². The van der Waals surface area contributed by atoms with Crippen molar-refractivity contribution in [2.24, 2.45) is 5.73 Å².